The number of benzene rings is 1. The molecular formula is C12H9BrFNO. The van der Waals surface area contributed by atoms with Crippen LogP contribution in [0.2, 0.25) is 0 Å². The molecule has 4 heteroatoms. The second kappa shape index (κ2) is 4.22. The smallest absolute Gasteiger partial charge is 0.166 e. The minimum absolute atomic E-state index is 0.282. The van der Waals surface area contributed by atoms with Crippen LogP contribution in [0.1, 0.15) is 16.1 Å². The van der Waals surface area contributed by atoms with Crippen molar-refractivity contribution in [3.8, 4) is 5.69 Å². The van der Waals surface area contributed by atoms with Gasteiger partial charge in [-0.25, -0.2) is 4.39 Å². The normalized spacial score (nSPS) is 10.4. The molecule has 0 aliphatic carbocycles. The molecule has 0 bridgehead atoms. The second-order valence-corrected chi connectivity index (χ2v) is 4.28. The van der Waals surface area contributed by atoms with Gasteiger partial charge in [-0.3, -0.25) is 4.79 Å². The highest BCUT2D eigenvalue weighted by Gasteiger charge is 2.08. The molecule has 1 aromatic carbocycles. The summed E-state index contributed by atoms with van der Waals surface area (Å²) in [5.41, 5.74) is 1.69. The summed E-state index contributed by atoms with van der Waals surface area (Å²) >= 11 is 3.32. The Kier molecular flexibility index (Phi) is 2.92. The van der Waals surface area contributed by atoms with Crippen LogP contribution in [0.15, 0.2) is 34.9 Å². The van der Waals surface area contributed by atoms with Gasteiger partial charge in [0.1, 0.15) is 5.82 Å². The van der Waals surface area contributed by atoms with E-state index in [1.165, 1.54) is 6.07 Å². The van der Waals surface area contributed by atoms with Crippen LogP contribution in [0.25, 0.3) is 5.69 Å². The topological polar surface area (TPSA) is 22.0 Å². The fraction of sp³-hybridized carbons (Fsp3) is 0.0833. The van der Waals surface area contributed by atoms with Gasteiger partial charge in [0.05, 0.1) is 10.3 Å². The first-order chi connectivity index (χ1) is 7.63. The molecule has 0 saturated heterocycles. The first-order valence-corrected chi connectivity index (χ1v) is 5.51. The summed E-state index contributed by atoms with van der Waals surface area (Å²) in [7, 11) is 0. The van der Waals surface area contributed by atoms with Crippen molar-refractivity contribution in [2.45, 2.75) is 6.92 Å². The average molecular weight is 282 g/mol. The Balaban J connectivity index is 2.62. The van der Waals surface area contributed by atoms with Gasteiger partial charge in [0, 0.05) is 5.69 Å². The lowest BCUT2D eigenvalue weighted by Crippen LogP contribution is -2.00. The van der Waals surface area contributed by atoms with Crippen LogP contribution < -0.4 is 0 Å². The molecule has 0 unspecified atom stereocenters. The SMILES string of the molecule is Cc1ccc(-n2c(Br)ccc2C=O)cc1F. The first-order valence-electron chi connectivity index (χ1n) is 4.72. The van der Waals surface area contributed by atoms with Gasteiger partial charge >= 0.3 is 0 Å². The predicted molar refractivity (Wildman–Crippen MR) is 63.6 cm³/mol. The van der Waals surface area contributed by atoms with Gasteiger partial charge in [0.25, 0.3) is 0 Å². The summed E-state index contributed by atoms with van der Waals surface area (Å²) in [6.45, 7) is 1.70. The number of nitrogens with zero attached hydrogens (tertiary/aromatic N) is 1. The van der Waals surface area contributed by atoms with Crippen molar-refractivity contribution in [2.75, 3.05) is 0 Å². The minimum Gasteiger partial charge on any atom is -0.301 e. The molecule has 0 atom stereocenters. The minimum atomic E-state index is -0.282. The second-order valence-electron chi connectivity index (χ2n) is 3.47. The number of hydrogen-bond acceptors (Lipinski definition) is 1. The lowest BCUT2D eigenvalue weighted by Gasteiger charge is -2.08. The van der Waals surface area contributed by atoms with E-state index in [9.17, 15) is 9.18 Å². The molecule has 0 saturated carbocycles. The van der Waals surface area contributed by atoms with Crippen molar-refractivity contribution in [1.29, 1.82) is 0 Å². The maximum Gasteiger partial charge on any atom is 0.166 e. The van der Waals surface area contributed by atoms with Crippen LogP contribution in [-0.2, 0) is 0 Å². The number of carbonyl (C=O) groups is 1. The van der Waals surface area contributed by atoms with Gasteiger partial charge in [-0.15, -0.1) is 0 Å². The van der Waals surface area contributed by atoms with Crippen molar-refractivity contribution in [1.82, 2.24) is 4.57 Å². The summed E-state index contributed by atoms with van der Waals surface area (Å²) in [6, 6.07) is 8.30. The summed E-state index contributed by atoms with van der Waals surface area (Å²) < 4.78 is 15.8. The summed E-state index contributed by atoms with van der Waals surface area (Å²) in [6.07, 6.45) is 0.739. The van der Waals surface area contributed by atoms with E-state index < -0.39 is 0 Å². The Hall–Kier alpha value is -1.42. The predicted octanol–water partition coefficient (Wildman–Crippen LogP) is 3.50. The number of aromatic nitrogens is 1. The third-order valence-electron chi connectivity index (χ3n) is 2.40. The molecule has 16 heavy (non-hydrogen) atoms. The van der Waals surface area contributed by atoms with E-state index in [1.54, 1.807) is 35.8 Å². The lowest BCUT2D eigenvalue weighted by molar-refractivity contribution is 0.111. The molecule has 0 aliphatic rings. The van der Waals surface area contributed by atoms with Crippen LogP contribution in [0.4, 0.5) is 4.39 Å². The van der Waals surface area contributed by atoms with Crippen molar-refractivity contribution >= 4 is 22.2 Å². The van der Waals surface area contributed by atoms with E-state index >= 15 is 0 Å². The van der Waals surface area contributed by atoms with Crippen LogP contribution in [0.5, 0.6) is 0 Å². The zero-order valence-electron chi connectivity index (χ0n) is 8.58. The van der Waals surface area contributed by atoms with E-state index in [0.29, 0.717) is 16.9 Å². The van der Waals surface area contributed by atoms with Gasteiger partial charge in [-0.1, -0.05) is 6.07 Å². The van der Waals surface area contributed by atoms with E-state index in [4.69, 9.17) is 0 Å². The number of carbonyl (C=O) groups excluding carboxylic acids is 1. The number of rotatable bonds is 2. The Bertz CT molecular complexity index is 548. The van der Waals surface area contributed by atoms with Gasteiger partial charge in [0.15, 0.2) is 6.29 Å². The summed E-state index contributed by atoms with van der Waals surface area (Å²) in [5.74, 6) is -0.282. The highest BCUT2D eigenvalue weighted by atomic mass is 79.9. The highest BCUT2D eigenvalue weighted by Crippen LogP contribution is 2.22. The van der Waals surface area contributed by atoms with Crippen LogP contribution in [0, 0.1) is 12.7 Å². The van der Waals surface area contributed by atoms with E-state index in [2.05, 4.69) is 15.9 Å². The Morgan fingerprint density at radius 3 is 2.69 bits per heavy atom. The van der Waals surface area contributed by atoms with E-state index in [-0.39, 0.29) is 5.82 Å². The fourth-order valence-corrected chi connectivity index (χ4v) is 2.05. The molecule has 1 heterocycles. The van der Waals surface area contributed by atoms with Gasteiger partial charge in [-0.2, -0.15) is 0 Å². The Morgan fingerprint density at radius 2 is 2.06 bits per heavy atom. The molecule has 0 amide bonds. The fourth-order valence-electron chi connectivity index (χ4n) is 1.51. The zero-order valence-corrected chi connectivity index (χ0v) is 10.2. The van der Waals surface area contributed by atoms with Crippen LogP contribution in [0.3, 0.4) is 0 Å². The quantitative estimate of drug-likeness (QED) is 0.773. The molecule has 0 spiro atoms. The van der Waals surface area contributed by atoms with Gasteiger partial charge < -0.3 is 4.57 Å². The van der Waals surface area contributed by atoms with Gasteiger partial charge in [-0.05, 0) is 52.7 Å². The zero-order chi connectivity index (χ0) is 11.7. The molecule has 0 fully saturated rings. The number of hydrogen-bond donors (Lipinski definition) is 0. The molecule has 0 radical (unpaired) electrons. The molecule has 1 aromatic heterocycles. The molecular weight excluding hydrogens is 273 g/mol. The average Bonchev–Trinajstić information content (AvgIpc) is 2.64. The van der Waals surface area contributed by atoms with Crippen molar-refractivity contribution in [2.24, 2.45) is 0 Å². The van der Waals surface area contributed by atoms with Crippen LogP contribution in [-0.4, -0.2) is 10.9 Å². The van der Waals surface area contributed by atoms with Crippen LogP contribution >= 0.6 is 15.9 Å². The molecule has 2 rings (SSSR count). The van der Waals surface area contributed by atoms with Gasteiger partial charge in [0.2, 0.25) is 0 Å². The van der Waals surface area contributed by atoms with E-state index in [0.717, 1.165) is 10.9 Å². The molecule has 2 nitrogen and oxygen atoms in total. The molecule has 2 aromatic rings. The van der Waals surface area contributed by atoms with Crippen molar-refractivity contribution < 1.29 is 9.18 Å². The lowest BCUT2D eigenvalue weighted by atomic mass is 10.2. The number of aryl methyl sites for hydroxylation is 1. The largest absolute Gasteiger partial charge is 0.301 e. The Labute approximate surface area is 101 Å². The molecule has 0 N–H and O–H groups in total. The third-order valence-corrected chi connectivity index (χ3v) is 3.02. The summed E-state index contributed by atoms with van der Waals surface area (Å²) in [4.78, 5) is 10.8. The third kappa shape index (κ3) is 1.80. The Morgan fingerprint density at radius 1 is 1.31 bits per heavy atom. The first kappa shape index (κ1) is 11.1. The number of aldehydes is 1. The maximum absolute atomic E-state index is 13.4. The molecule has 0 aliphatic heterocycles. The standard InChI is InChI=1S/C12H9BrFNO/c1-8-2-3-9(6-11(8)14)15-10(7-16)4-5-12(15)13/h2-7H,1H3. The monoisotopic (exact) mass is 281 g/mol. The summed E-state index contributed by atoms with van der Waals surface area (Å²) in [5, 5.41) is 0. The van der Waals surface area contributed by atoms with E-state index in [1.807, 2.05) is 0 Å². The van der Waals surface area contributed by atoms with Crippen molar-refractivity contribution in [3.63, 3.8) is 0 Å². The molecule has 82 valence electrons. The van der Waals surface area contributed by atoms with Crippen molar-refractivity contribution in [3.05, 3.63) is 52.0 Å². The number of halogens is 2. The maximum atomic E-state index is 13.4. The highest BCUT2D eigenvalue weighted by molar-refractivity contribution is 9.10.